The summed E-state index contributed by atoms with van der Waals surface area (Å²) < 4.78 is 5.70. The van der Waals surface area contributed by atoms with Crippen LogP contribution in [0.1, 0.15) is 117 Å². The van der Waals surface area contributed by atoms with E-state index in [4.69, 9.17) is 4.74 Å². The van der Waals surface area contributed by atoms with Crippen molar-refractivity contribution in [3.05, 3.63) is 70.3 Å². The average Bonchev–Trinajstić information content (AvgIpc) is 3.36. The van der Waals surface area contributed by atoms with Crippen LogP contribution in [0.25, 0.3) is 5.57 Å². The molecule has 0 amide bonds. The minimum atomic E-state index is -0.464. The molecule has 5 rings (SSSR count). The van der Waals surface area contributed by atoms with Gasteiger partial charge in [0.05, 0.1) is 12.7 Å². The van der Waals surface area contributed by atoms with Crippen molar-refractivity contribution >= 4 is 28.7 Å². The molecule has 43 heavy (non-hydrogen) atoms. The van der Waals surface area contributed by atoms with Gasteiger partial charge in [0.1, 0.15) is 11.5 Å². The molecular formula is C38H46O5. The Balaban J connectivity index is 1.27. The topological polar surface area (TPSA) is 77.5 Å². The highest BCUT2D eigenvalue weighted by atomic mass is 16.5. The molecule has 3 aliphatic carbocycles. The third kappa shape index (κ3) is 6.76. The third-order valence-corrected chi connectivity index (χ3v) is 10.2. The Hall–Kier alpha value is -3.34. The molecule has 0 bridgehead atoms. The van der Waals surface area contributed by atoms with Crippen LogP contribution in [0.15, 0.2) is 42.5 Å². The SMILES string of the molecule is CCCC(=O)C1CCC(C(=O)C(=O)C2=CC(C)c3cc(OC)c(C(=O)C4CCC(Cc5ccc(C)cc5)CC4)cc32)CC1. The number of ether oxygens (including phenoxy) is 1. The molecule has 5 nitrogen and oxygen atoms in total. The van der Waals surface area contributed by atoms with Gasteiger partial charge in [0.25, 0.3) is 0 Å². The number of allylic oxidation sites excluding steroid dienone is 2. The summed E-state index contributed by atoms with van der Waals surface area (Å²) in [5.41, 5.74) is 5.15. The number of fused-ring (bicyclic) bond motifs is 1. The van der Waals surface area contributed by atoms with Gasteiger partial charge in [-0.2, -0.15) is 0 Å². The van der Waals surface area contributed by atoms with Crippen LogP contribution < -0.4 is 4.74 Å². The van der Waals surface area contributed by atoms with Crippen LogP contribution >= 0.6 is 0 Å². The zero-order valence-electron chi connectivity index (χ0n) is 26.2. The van der Waals surface area contributed by atoms with E-state index in [9.17, 15) is 19.2 Å². The van der Waals surface area contributed by atoms with Gasteiger partial charge in [0, 0.05) is 35.7 Å². The van der Waals surface area contributed by atoms with Crippen molar-refractivity contribution in [1.82, 2.24) is 0 Å². The molecule has 0 N–H and O–H groups in total. The van der Waals surface area contributed by atoms with Crippen LogP contribution in [0.3, 0.4) is 0 Å². The largest absolute Gasteiger partial charge is 0.496 e. The number of Topliss-reactive ketones (excluding diaryl/α,β-unsaturated/α-hetero) is 4. The van der Waals surface area contributed by atoms with Gasteiger partial charge in [-0.15, -0.1) is 0 Å². The standard InChI is InChI=1S/C38H46O5/c1-5-6-34(39)27-15-17-29(18-16-27)37(41)38(42)32-19-24(3)30-22-35(43-4)33(21-31(30)32)36(40)28-13-11-26(12-14-28)20-25-9-7-23(2)8-10-25/h7-10,19,21-22,24,26-29H,5-6,11-18,20H2,1-4H3. The van der Waals surface area contributed by atoms with Gasteiger partial charge < -0.3 is 4.74 Å². The van der Waals surface area contributed by atoms with Gasteiger partial charge in [-0.05, 0) is 106 Å². The molecule has 2 aromatic carbocycles. The van der Waals surface area contributed by atoms with Crippen molar-refractivity contribution in [2.24, 2.45) is 23.7 Å². The zero-order chi connectivity index (χ0) is 30.7. The highest BCUT2D eigenvalue weighted by molar-refractivity contribution is 6.55. The first kappa shape index (κ1) is 31.1. The van der Waals surface area contributed by atoms with Crippen LogP contribution in [0.4, 0.5) is 0 Å². The molecule has 2 fully saturated rings. The summed E-state index contributed by atoms with van der Waals surface area (Å²) in [6, 6.07) is 12.4. The van der Waals surface area contributed by atoms with Crippen molar-refractivity contribution < 1.29 is 23.9 Å². The van der Waals surface area contributed by atoms with Crippen LogP contribution in [0.5, 0.6) is 5.75 Å². The van der Waals surface area contributed by atoms with Gasteiger partial charge in [0.2, 0.25) is 11.6 Å². The molecule has 0 aliphatic heterocycles. The van der Waals surface area contributed by atoms with Crippen LogP contribution in [-0.4, -0.2) is 30.2 Å². The molecule has 3 aliphatic rings. The maximum atomic E-state index is 13.9. The van der Waals surface area contributed by atoms with E-state index in [0.717, 1.165) is 44.1 Å². The van der Waals surface area contributed by atoms with Gasteiger partial charge >= 0.3 is 0 Å². The van der Waals surface area contributed by atoms with E-state index in [2.05, 4.69) is 31.2 Å². The van der Waals surface area contributed by atoms with E-state index in [0.29, 0.717) is 60.5 Å². The summed E-state index contributed by atoms with van der Waals surface area (Å²) in [6.45, 7) is 6.11. The fraction of sp³-hybridized carbons (Fsp3) is 0.526. The van der Waals surface area contributed by atoms with Crippen LogP contribution in [0.2, 0.25) is 0 Å². The summed E-state index contributed by atoms with van der Waals surface area (Å²) in [7, 11) is 1.58. The summed E-state index contributed by atoms with van der Waals surface area (Å²) in [6.07, 6.45) is 10.6. The van der Waals surface area contributed by atoms with E-state index in [1.807, 2.05) is 32.1 Å². The Morgan fingerprint density at radius 3 is 2.09 bits per heavy atom. The first-order chi connectivity index (χ1) is 20.7. The molecular weight excluding hydrogens is 536 g/mol. The number of aryl methyl sites for hydroxylation is 1. The number of ketones is 4. The third-order valence-electron chi connectivity index (χ3n) is 10.2. The maximum Gasteiger partial charge on any atom is 0.229 e. The predicted molar refractivity (Wildman–Crippen MR) is 169 cm³/mol. The van der Waals surface area contributed by atoms with Crippen molar-refractivity contribution in [2.75, 3.05) is 7.11 Å². The maximum absolute atomic E-state index is 13.9. The lowest BCUT2D eigenvalue weighted by Gasteiger charge is -2.28. The number of methoxy groups -OCH3 is 1. The molecule has 0 saturated heterocycles. The number of rotatable bonds is 11. The molecule has 228 valence electrons. The fourth-order valence-corrected chi connectivity index (χ4v) is 7.55. The first-order valence-corrected chi connectivity index (χ1v) is 16.3. The molecule has 0 heterocycles. The second kappa shape index (κ2) is 13.5. The summed E-state index contributed by atoms with van der Waals surface area (Å²) in [5, 5.41) is 0. The quantitative estimate of drug-likeness (QED) is 0.198. The van der Waals surface area contributed by atoms with E-state index < -0.39 is 5.78 Å². The lowest BCUT2D eigenvalue weighted by atomic mass is 9.75. The molecule has 0 aromatic heterocycles. The normalized spacial score (nSPS) is 25.0. The Morgan fingerprint density at radius 2 is 1.47 bits per heavy atom. The minimum absolute atomic E-state index is 0.0178. The van der Waals surface area contributed by atoms with E-state index >= 15 is 0 Å². The molecule has 0 spiro atoms. The number of carbonyl (C=O) groups excluding carboxylic acids is 4. The zero-order valence-corrected chi connectivity index (χ0v) is 26.2. The number of hydrogen-bond donors (Lipinski definition) is 0. The highest BCUT2D eigenvalue weighted by Gasteiger charge is 2.37. The minimum Gasteiger partial charge on any atom is -0.496 e. The fourth-order valence-electron chi connectivity index (χ4n) is 7.55. The molecule has 5 heteroatoms. The molecule has 1 atom stereocenters. The number of hydrogen-bond acceptors (Lipinski definition) is 5. The Morgan fingerprint density at radius 1 is 0.837 bits per heavy atom. The Kier molecular flexibility index (Phi) is 9.78. The number of benzene rings is 2. The first-order valence-electron chi connectivity index (χ1n) is 16.3. The molecule has 2 aromatic rings. The Bertz CT molecular complexity index is 1400. The smallest absolute Gasteiger partial charge is 0.229 e. The lowest BCUT2D eigenvalue weighted by Crippen LogP contribution is -2.30. The van der Waals surface area contributed by atoms with Crippen molar-refractivity contribution in [3.8, 4) is 5.75 Å². The van der Waals surface area contributed by atoms with Crippen LogP contribution in [-0.2, 0) is 20.8 Å². The summed E-state index contributed by atoms with van der Waals surface area (Å²) in [4.78, 5) is 53.2. The van der Waals surface area contributed by atoms with Gasteiger partial charge in [-0.3, -0.25) is 19.2 Å². The van der Waals surface area contributed by atoms with E-state index in [1.54, 1.807) is 7.11 Å². The van der Waals surface area contributed by atoms with E-state index in [1.165, 1.54) is 11.1 Å². The van der Waals surface area contributed by atoms with Crippen molar-refractivity contribution in [1.29, 1.82) is 0 Å². The van der Waals surface area contributed by atoms with Gasteiger partial charge in [-0.25, -0.2) is 0 Å². The lowest BCUT2D eigenvalue weighted by molar-refractivity contribution is -0.137. The number of carbonyl (C=O) groups is 4. The van der Waals surface area contributed by atoms with E-state index in [-0.39, 0.29) is 41.0 Å². The summed E-state index contributed by atoms with van der Waals surface area (Å²) >= 11 is 0. The highest BCUT2D eigenvalue weighted by Crippen LogP contribution is 2.43. The summed E-state index contributed by atoms with van der Waals surface area (Å²) in [5.74, 6) is 0.200. The molecule has 0 radical (unpaired) electrons. The average molecular weight is 583 g/mol. The van der Waals surface area contributed by atoms with Crippen LogP contribution in [0, 0.1) is 30.6 Å². The molecule has 2 saturated carbocycles. The van der Waals surface area contributed by atoms with Gasteiger partial charge in [-0.1, -0.05) is 49.8 Å². The monoisotopic (exact) mass is 582 g/mol. The van der Waals surface area contributed by atoms with Crippen molar-refractivity contribution in [2.45, 2.75) is 97.3 Å². The molecule has 1 unspecified atom stereocenters. The Labute approximate surface area is 256 Å². The van der Waals surface area contributed by atoms with Gasteiger partial charge in [0.15, 0.2) is 5.78 Å². The second-order valence-corrected chi connectivity index (χ2v) is 13.2. The second-order valence-electron chi connectivity index (χ2n) is 13.2. The predicted octanol–water partition coefficient (Wildman–Crippen LogP) is 8.05. The van der Waals surface area contributed by atoms with Crippen molar-refractivity contribution in [3.63, 3.8) is 0 Å².